The summed E-state index contributed by atoms with van der Waals surface area (Å²) in [5.74, 6) is 0.765. The van der Waals surface area contributed by atoms with Crippen LogP contribution in [0.2, 0.25) is 0 Å². The fourth-order valence-electron chi connectivity index (χ4n) is 7.67. The van der Waals surface area contributed by atoms with Crippen molar-refractivity contribution in [2.45, 2.75) is 82.3 Å². The van der Waals surface area contributed by atoms with Gasteiger partial charge in [-0.25, -0.2) is 9.89 Å². The molecule has 2 aliphatic rings. The number of para-hydroxylation sites is 1. The maximum absolute atomic E-state index is 14.5. The lowest BCUT2D eigenvalue weighted by molar-refractivity contribution is -0.135. The number of H-pyrrole nitrogens is 2. The van der Waals surface area contributed by atoms with Gasteiger partial charge in [0.2, 0.25) is 11.8 Å². The molecule has 2 fully saturated rings. The number of carbonyl (C=O) groups excluding carboxylic acids is 2. The van der Waals surface area contributed by atoms with Crippen molar-refractivity contribution in [2.24, 2.45) is 11.8 Å². The molecule has 6 rings (SSSR count). The second-order valence-electron chi connectivity index (χ2n) is 13.0. The molecule has 2 bridgehead atoms. The van der Waals surface area contributed by atoms with E-state index in [-0.39, 0.29) is 50.6 Å². The maximum Gasteiger partial charge on any atom is 0.408 e. The topological polar surface area (TPSA) is 169 Å². The van der Waals surface area contributed by atoms with Gasteiger partial charge in [-0.1, -0.05) is 68.8 Å². The third-order valence-electron chi connectivity index (χ3n) is 9.99. The number of hydrogen-bond donors (Lipinski definition) is 5. The van der Waals surface area contributed by atoms with Gasteiger partial charge in [0, 0.05) is 48.9 Å². The Labute approximate surface area is 275 Å². The van der Waals surface area contributed by atoms with Crippen LogP contribution in [0.5, 0.6) is 0 Å². The van der Waals surface area contributed by atoms with Gasteiger partial charge in [0.05, 0.1) is 6.04 Å². The first-order valence-corrected chi connectivity index (χ1v) is 16.2. The standard InChI is InChI=1S/C34H42N8O4.CH2/c1-34(19-25-20-35-27-13-6-5-12-26(25)27,42(33(45)46)29-15-14-22-8-7-11-24(29)18-22)32(44)36-21-28(23-9-3-2-4-10-23)37-31(43)17-16-30-38-40-41-39-30;/h2-6,9-10,12-13,20,22,24,28-29,35H,7-8,11,14-19,21H2,1H3,(H,36,44)(H,37,43)(H,45,46)(H,38,39,40,41);1H2. The van der Waals surface area contributed by atoms with Gasteiger partial charge in [0.15, 0.2) is 0 Å². The summed E-state index contributed by atoms with van der Waals surface area (Å²) in [6.45, 7) is 1.85. The van der Waals surface area contributed by atoms with Crippen LogP contribution in [-0.4, -0.2) is 71.6 Å². The number of aromatic nitrogens is 5. The van der Waals surface area contributed by atoms with E-state index in [1.807, 2.05) is 60.8 Å². The van der Waals surface area contributed by atoms with Crippen LogP contribution in [0.3, 0.4) is 0 Å². The summed E-state index contributed by atoms with van der Waals surface area (Å²) in [5.41, 5.74) is 1.23. The average molecular weight is 641 g/mol. The van der Waals surface area contributed by atoms with E-state index in [1.165, 1.54) is 11.3 Å². The molecule has 2 saturated carbocycles. The van der Waals surface area contributed by atoms with E-state index in [1.54, 1.807) is 6.92 Å². The molecule has 12 heteroatoms. The minimum Gasteiger partial charge on any atom is -0.465 e. The molecule has 2 heterocycles. The van der Waals surface area contributed by atoms with Gasteiger partial charge in [-0.3, -0.25) is 14.5 Å². The molecule has 12 nitrogen and oxygen atoms in total. The molecule has 5 N–H and O–H groups in total. The molecule has 0 aliphatic heterocycles. The zero-order valence-electron chi connectivity index (χ0n) is 26.8. The quantitative estimate of drug-likeness (QED) is 0.147. The Bertz CT molecular complexity index is 1640. The Morgan fingerprint density at radius 3 is 2.62 bits per heavy atom. The van der Waals surface area contributed by atoms with E-state index in [9.17, 15) is 19.5 Å². The number of nitrogens with zero attached hydrogens (tertiary/aromatic N) is 4. The lowest BCUT2D eigenvalue weighted by atomic mass is 9.68. The van der Waals surface area contributed by atoms with Crippen molar-refractivity contribution < 1.29 is 19.5 Å². The van der Waals surface area contributed by atoms with Crippen molar-refractivity contribution in [3.63, 3.8) is 0 Å². The number of carboxylic acid groups (broad SMARTS) is 1. The number of nitrogens with one attached hydrogen (secondary N) is 4. The number of tetrazole rings is 1. The molecular formula is C35H44N8O4. The lowest BCUT2D eigenvalue weighted by Crippen LogP contribution is -2.65. The predicted molar refractivity (Wildman–Crippen MR) is 177 cm³/mol. The zero-order chi connectivity index (χ0) is 32.1. The molecule has 2 radical (unpaired) electrons. The van der Waals surface area contributed by atoms with E-state index in [0.29, 0.717) is 18.2 Å². The maximum atomic E-state index is 14.5. The Morgan fingerprint density at radius 1 is 1.06 bits per heavy atom. The molecule has 0 spiro atoms. The fourth-order valence-corrected chi connectivity index (χ4v) is 7.67. The van der Waals surface area contributed by atoms with E-state index >= 15 is 0 Å². The summed E-state index contributed by atoms with van der Waals surface area (Å²) in [6, 6.07) is 16.5. The summed E-state index contributed by atoms with van der Waals surface area (Å²) in [5, 5.41) is 31.5. The summed E-state index contributed by atoms with van der Waals surface area (Å²) in [4.78, 5) is 45.5. The second-order valence-corrected chi connectivity index (χ2v) is 13.0. The number of benzene rings is 2. The minimum atomic E-state index is -1.41. The Balaban J connectivity index is 0.00000433. The summed E-state index contributed by atoms with van der Waals surface area (Å²) >= 11 is 0. The SMILES string of the molecule is CC(Cc1c[nH]c2ccccc12)(C(=O)NCC(NC(=O)CCc1nnn[nH]1)c1ccccc1)N(C(=O)O)C1CCC2CCCC1C2.[CH2]. The van der Waals surface area contributed by atoms with Gasteiger partial charge in [-0.2, -0.15) is 0 Å². The lowest BCUT2D eigenvalue weighted by Gasteiger charge is -2.50. The van der Waals surface area contributed by atoms with Gasteiger partial charge < -0.3 is 20.7 Å². The Hall–Kier alpha value is -4.74. The monoisotopic (exact) mass is 640 g/mol. The first-order chi connectivity index (χ1) is 22.3. The number of carbonyl (C=O) groups is 3. The molecular weight excluding hydrogens is 596 g/mol. The van der Waals surface area contributed by atoms with Crippen molar-refractivity contribution in [3.8, 4) is 0 Å². The van der Waals surface area contributed by atoms with E-state index in [0.717, 1.165) is 54.1 Å². The van der Waals surface area contributed by atoms with Crippen molar-refractivity contribution in [3.05, 3.63) is 85.2 Å². The van der Waals surface area contributed by atoms with Crippen LogP contribution in [0.4, 0.5) is 4.79 Å². The van der Waals surface area contributed by atoms with Gasteiger partial charge in [-0.15, -0.1) is 5.10 Å². The molecule has 4 aromatic rings. The molecule has 47 heavy (non-hydrogen) atoms. The molecule has 5 unspecified atom stereocenters. The molecule has 2 aliphatic carbocycles. The summed E-state index contributed by atoms with van der Waals surface area (Å²) in [6.07, 6.45) is 7.50. The Morgan fingerprint density at radius 2 is 1.85 bits per heavy atom. The number of rotatable bonds is 12. The van der Waals surface area contributed by atoms with Crippen LogP contribution in [0.25, 0.3) is 10.9 Å². The van der Waals surface area contributed by atoms with Gasteiger partial charge in [0.25, 0.3) is 0 Å². The number of fused-ring (bicyclic) bond motifs is 3. The van der Waals surface area contributed by atoms with Crippen LogP contribution >= 0.6 is 0 Å². The van der Waals surface area contributed by atoms with Crippen molar-refractivity contribution in [1.29, 1.82) is 0 Å². The molecule has 2 aromatic heterocycles. The third kappa shape index (κ3) is 7.47. The van der Waals surface area contributed by atoms with Crippen LogP contribution in [0.15, 0.2) is 60.8 Å². The van der Waals surface area contributed by atoms with Crippen molar-refractivity contribution in [2.75, 3.05) is 6.54 Å². The van der Waals surface area contributed by atoms with Gasteiger partial charge in [-0.05, 0) is 72.1 Å². The number of aryl methyl sites for hydroxylation is 1. The summed E-state index contributed by atoms with van der Waals surface area (Å²) < 4.78 is 0. The minimum absolute atomic E-state index is 0. The second kappa shape index (κ2) is 14.8. The highest BCUT2D eigenvalue weighted by Gasteiger charge is 2.50. The number of amides is 3. The van der Waals surface area contributed by atoms with E-state index in [2.05, 4.69) is 36.2 Å². The highest BCUT2D eigenvalue weighted by Crippen LogP contribution is 2.44. The molecule has 2 aromatic carbocycles. The molecule has 0 saturated heterocycles. The highest BCUT2D eigenvalue weighted by molar-refractivity contribution is 5.91. The summed E-state index contributed by atoms with van der Waals surface area (Å²) in [7, 11) is 0. The molecule has 5 atom stereocenters. The fraction of sp³-hybridized carbons (Fsp3) is 0.457. The van der Waals surface area contributed by atoms with Crippen LogP contribution in [0, 0.1) is 19.3 Å². The normalized spacial score (nSPS) is 20.7. The zero-order valence-corrected chi connectivity index (χ0v) is 26.8. The smallest absolute Gasteiger partial charge is 0.408 e. The first-order valence-electron chi connectivity index (χ1n) is 16.2. The van der Waals surface area contributed by atoms with E-state index < -0.39 is 17.7 Å². The largest absolute Gasteiger partial charge is 0.465 e. The third-order valence-corrected chi connectivity index (χ3v) is 9.99. The van der Waals surface area contributed by atoms with Crippen molar-refractivity contribution >= 4 is 28.8 Å². The van der Waals surface area contributed by atoms with E-state index in [4.69, 9.17) is 0 Å². The van der Waals surface area contributed by atoms with Crippen molar-refractivity contribution in [1.82, 2.24) is 41.1 Å². The number of hydrogen-bond acceptors (Lipinski definition) is 6. The predicted octanol–water partition coefficient (Wildman–Crippen LogP) is 4.86. The highest BCUT2D eigenvalue weighted by atomic mass is 16.4. The van der Waals surface area contributed by atoms with Gasteiger partial charge >= 0.3 is 6.09 Å². The van der Waals surface area contributed by atoms with Crippen LogP contribution < -0.4 is 10.6 Å². The average Bonchev–Trinajstić information content (AvgIpc) is 3.74. The molecule has 3 amide bonds. The van der Waals surface area contributed by atoms with Gasteiger partial charge in [0.1, 0.15) is 11.4 Å². The van der Waals surface area contributed by atoms with Crippen LogP contribution in [0.1, 0.15) is 74.9 Å². The molecule has 248 valence electrons. The van der Waals surface area contributed by atoms with Crippen LogP contribution in [-0.2, 0) is 22.4 Å². The first kappa shape index (κ1) is 33.6. The number of aromatic amines is 2. The Kier molecular flexibility index (Phi) is 10.6.